The van der Waals surface area contributed by atoms with E-state index in [1.54, 1.807) is 0 Å². The van der Waals surface area contributed by atoms with E-state index in [1.807, 2.05) is 0 Å². The lowest BCUT2D eigenvalue weighted by Crippen LogP contribution is -2.50. The molecule has 0 bridgehead atoms. The Hall–Kier alpha value is 0.325. The molecule has 1 rings (SSSR count). The second-order valence-corrected chi connectivity index (χ2v) is 11.1. The van der Waals surface area contributed by atoms with Gasteiger partial charge in [0.05, 0.1) is 6.42 Å². The van der Waals surface area contributed by atoms with Gasteiger partial charge in [-0.05, 0) is 6.42 Å². The molecule has 1 aliphatic heterocycles. The van der Waals surface area contributed by atoms with Crippen molar-refractivity contribution >= 4 is 36.9 Å². The van der Waals surface area contributed by atoms with E-state index in [0.29, 0.717) is 0 Å². The van der Waals surface area contributed by atoms with E-state index in [4.69, 9.17) is 26.9 Å². The Bertz CT molecular complexity index is 681. The van der Waals surface area contributed by atoms with Crippen molar-refractivity contribution in [3.8, 4) is 0 Å². The number of alkyl halides is 2. The van der Waals surface area contributed by atoms with Crippen LogP contribution in [0, 0.1) is 0 Å². The van der Waals surface area contributed by atoms with Crippen molar-refractivity contribution in [2.75, 3.05) is 13.3 Å². The van der Waals surface area contributed by atoms with E-state index in [2.05, 4.69) is 10.8 Å². The number of hydrogen-bond donors (Lipinski definition) is 3. The van der Waals surface area contributed by atoms with Gasteiger partial charge in [-0.25, -0.2) is 0 Å². The molecule has 17 heteroatoms. The fourth-order valence-corrected chi connectivity index (χ4v) is 4.37. The Balaban J connectivity index is 3.41. The molecule has 0 saturated carbocycles. The van der Waals surface area contributed by atoms with Crippen molar-refractivity contribution in [3.63, 3.8) is 0 Å². The highest BCUT2D eigenvalue weighted by molar-refractivity contribution is 7.57. The summed E-state index contributed by atoms with van der Waals surface area (Å²) in [5.41, 5.74) is -7.57. The first kappa shape index (κ1) is 25.4. The molecule has 158 valence electrons. The monoisotopic (exact) mass is 455 g/mol. The quantitative estimate of drug-likeness (QED) is 0.249. The van der Waals surface area contributed by atoms with Crippen LogP contribution < -0.4 is 14.7 Å². The predicted octanol–water partition coefficient (Wildman–Crippen LogP) is -2.34. The Labute approximate surface area is 154 Å². The molecule has 0 aromatic heterocycles. The molecule has 2 radical (unpaired) electrons. The van der Waals surface area contributed by atoms with Crippen molar-refractivity contribution in [3.05, 3.63) is 0 Å². The number of hydrogen-bond acceptors (Lipinski definition) is 9. The molecule has 0 aliphatic carbocycles. The largest absolute Gasteiger partial charge is 0.789 e. The molecule has 7 atom stereocenters. The van der Waals surface area contributed by atoms with Gasteiger partial charge in [-0.2, -0.15) is 8.78 Å². The van der Waals surface area contributed by atoms with Crippen LogP contribution in [0.4, 0.5) is 8.78 Å². The van der Waals surface area contributed by atoms with Crippen LogP contribution in [-0.4, -0.2) is 71.8 Å². The van der Waals surface area contributed by atoms with Crippen LogP contribution >= 0.6 is 22.8 Å². The summed E-state index contributed by atoms with van der Waals surface area (Å²) in [5.74, 6) is 0. The van der Waals surface area contributed by atoms with Crippen molar-refractivity contribution in [2.24, 2.45) is 0 Å². The number of aliphatic hydroxyl groups is 1. The second-order valence-electron chi connectivity index (χ2n) is 5.93. The average Bonchev–Trinajstić information content (AvgIpc) is 2.68. The first-order valence-electron chi connectivity index (χ1n) is 7.10. The van der Waals surface area contributed by atoms with Crippen LogP contribution in [0.1, 0.15) is 12.8 Å². The lowest BCUT2D eigenvalue weighted by Gasteiger charge is -2.43. The minimum atomic E-state index is -6.32. The number of rotatable bonds is 9. The molecule has 1 aliphatic rings. The van der Waals surface area contributed by atoms with Gasteiger partial charge in [0.1, 0.15) is 33.3 Å². The van der Waals surface area contributed by atoms with Gasteiger partial charge in [0, 0.05) is 26.8 Å². The van der Waals surface area contributed by atoms with Crippen LogP contribution in [0.15, 0.2) is 0 Å². The Morgan fingerprint density at radius 3 is 2.26 bits per heavy atom. The van der Waals surface area contributed by atoms with Crippen molar-refractivity contribution < 1.29 is 61.3 Å². The lowest BCUT2D eigenvalue weighted by molar-refractivity contribution is -0.229. The van der Waals surface area contributed by atoms with Gasteiger partial charge in [-0.1, -0.05) is 6.30 Å². The van der Waals surface area contributed by atoms with Gasteiger partial charge in [-0.3, -0.25) is 0 Å². The zero-order valence-corrected chi connectivity index (χ0v) is 16.5. The molecule has 0 aromatic carbocycles. The molecule has 1 saturated heterocycles. The average molecular weight is 455 g/mol. The molecular formula is C10H17BF2O11P3-3. The molecule has 0 aromatic rings. The first-order chi connectivity index (χ1) is 11.9. The van der Waals surface area contributed by atoms with E-state index in [0.717, 1.165) is 7.11 Å². The standard InChI is InChI=1S/C10H19BF2O11P3/c1-22-25(2,15)24-7-6(14)8(11)23-9(7,3-4-26(16,17)18)5-10(12,13)27(19,20)21/h6-8,14H,2-5H2,1H3,(H4-,15,16,17,18,19,20,21)/q-1/p-2/t6-,7?,8+,9+,25?/m0/s1. The molecule has 1 fully saturated rings. The zero-order chi connectivity index (χ0) is 21.5. The lowest BCUT2D eigenvalue weighted by atomic mass is 9.86. The fourth-order valence-electron chi connectivity index (χ4n) is 2.49. The maximum atomic E-state index is 14.0. The van der Waals surface area contributed by atoms with Crippen LogP contribution in [0.2, 0.25) is 0 Å². The van der Waals surface area contributed by atoms with Crippen LogP contribution in [0.25, 0.3) is 0 Å². The van der Waals surface area contributed by atoms with Gasteiger partial charge in [0.2, 0.25) is 7.60 Å². The fraction of sp³-hybridized carbons (Fsp3) is 0.900. The van der Waals surface area contributed by atoms with Crippen LogP contribution in [-0.2, 0) is 22.9 Å². The smallest absolute Gasteiger partial charge is 0.311 e. The molecule has 0 amide bonds. The van der Waals surface area contributed by atoms with Crippen LogP contribution in [0.3, 0.4) is 0 Å². The molecule has 27 heavy (non-hydrogen) atoms. The maximum absolute atomic E-state index is 14.0. The molecule has 3 N–H and O–H groups in total. The summed E-state index contributed by atoms with van der Waals surface area (Å²) in [6.07, 6.45) is -5.28. The van der Waals surface area contributed by atoms with Gasteiger partial charge >= 0.3 is 5.66 Å². The third-order valence-electron chi connectivity index (χ3n) is 3.83. The van der Waals surface area contributed by atoms with E-state index in [9.17, 15) is 37.7 Å². The third-order valence-corrected chi connectivity index (χ3v) is 6.71. The number of halogens is 2. The van der Waals surface area contributed by atoms with Gasteiger partial charge < -0.3 is 52.5 Å². The second kappa shape index (κ2) is 8.22. The summed E-state index contributed by atoms with van der Waals surface area (Å²) in [6, 6.07) is -1.79. The van der Waals surface area contributed by atoms with Gasteiger partial charge in [-0.15, -0.1) is 0 Å². The van der Waals surface area contributed by atoms with Crippen molar-refractivity contribution in [2.45, 2.75) is 42.3 Å². The predicted molar refractivity (Wildman–Crippen MR) is 84.0 cm³/mol. The van der Waals surface area contributed by atoms with Crippen molar-refractivity contribution in [1.82, 2.24) is 0 Å². The summed E-state index contributed by atoms with van der Waals surface area (Å²) >= 11 is 0. The summed E-state index contributed by atoms with van der Waals surface area (Å²) in [5, 5.41) is 10.0. The number of aliphatic hydroxyl groups excluding tert-OH is 1. The number of ether oxygens (including phenoxy) is 1. The maximum Gasteiger partial charge on any atom is 0.311 e. The molecule has 0 spiro atoms. The minimum Gasteiger partial charge on any atom is -0.789 e. The summed E-state index contributed by atoms with van der Waals surface area (Å²) in [4.78, 5) is 51.7. The zero-order valence-electron chi connectivity index (χ0n) is 13.8. The molecular weight excluding hydrogens is 438 g/mol. The van der Waals surface area contributed by atoms with Gasteiger partial charge in [0.15, 0.2) is 0 Å². The normalized spacial score (nSPS) is 36.0. The first-order valence-corrected chi connectivity index (χ1v) is 12.2. The van der Waals surface area contributed by atoms with Crippen LogP contribution in [0.5, 0.6) is 0 Å². The third kappa shape index (κ3) is 6.40. The molecule has 4 unspecified atom stereocenters. The SMILES string of the molecule is [B][C@@H]1O[C@](CCP(=O)([O-])O)(CC(F)(F)P(=O)([O-])O)C(OP(=C)([O-])OC)[C@@H]1O. The minimum absolute atomic E-state index is 0.866. The highest BCUT2D eigenvalue weighted by Gasteiger charge is 2.60. The Morgan fingerprint density at radius 2 is 1.85 bits per heavy atom. The van der Waals surface area contributed by atoms with E-state index in [-0.39, 0.29) is 0 Å². The van der Waals surface area contributed by atoms with E-state index >= 15 is 0 Å². The highest BCUT2D eigenvalue weighted by atomic mass is 31.2. The van der Waals surface area contributed by atoms with Crippen molar-refractivity contribution in [1.29, 1.82) is 0 Å². The molecule has 1 heterocycles. The summed E-state index contributed by atoms with van der Waals surface area (Å²) in [6.45, 7) is 0. The van der Waals surface area contributed by atoms with Gasteiger partial charge in [0.25, 0.3) is 0 Å². The summed E-state index contributed by atoms with van der Waals surface area (Å²) in [7, 11) is -9.36. The summed E-state index contributed by atoms with van der Waals surface area (Å²) < 4.78 is 64.2. The topological polar surface area (TPSA) is 192 Å². The molecule has 11 nitrogen and oxygen atoms in total. The van der Waals surface area contributed by atoms with E-state index < -0.39 is 71.2 Å². The highest BCUT2D eigenvalue weighted by Crippen LogP contribution is 2.58. The Kier molecular flexibility index (Phi) is 7.72. The van der Waals surface area contributed by atoms with E-state index in [1.165, 1.54) is 0 Å². The Morgan fingerprint density at radius 1 is 1.33 bits per heavy atom.